The van der Waals surface area contributed by atoms with Crippen LogP contribution >= 0.6 is 11.8 Å². The third kappa shape index (κ3) is 5.27. The van der Waals surface area contributed by atoms with Crippen LogP contribution in [0.4, 0.5) is 5.69 Å². The van der Waals surface area contributed by atoms with Gasteiger partial charge in [0.15, 0.2) is 0 Å². The van der Waals surface area contributed by atoms with Crippen molar-refractivity contribution in [1.29, 1.82) is 0 Å². The first-order chi connectivity index (χ1) is 10.0. The Bertz CT molecular complexity index is 588. The summed E-state index contributed by atoms with van der Waals surface area (Å²) in [5.41, 5.74) is 3.07. The first-order valence-electron chi connectivity index (χ1n) is 7.15. The van der Waals surface area contributed by atoms with E-state index in [0.717, 1.165) is 11.3 Å². The predicted octanol–water partition coefficient (Wildman–Crippen LogP) is 4.68. The van der Waals surface area contributed by atoms with Crippen molar-refractivity contribution >= 4 is 23.4 Å². The van der Waals surface area contributed by atoms with Crippen LogP contribution in [0.15, 0.2) is 53.4 Å². The van der Waals surface area contributed by atoms with E-state index in [1.54, 1.807) is 0 Å². The van der Waals surface area contributed by atoms with Crippen LogP contribution in [-0.4, -0.2) is 11.2 Å². The van der Waals surface area contributed by atoms with Gasteiger partial charge in [0.05, 0.1) is 6.42 Å². The van der Waals surface area contributed by atoms with Gasteiger partial charge in [-0.15, -0.1) is 11.8 Å². The minimum absolute atomic E-state index is 0.0168. The van der Waals surface area contributed by atoms with Gasteiger partial charge in [-0.1, -0.05) is 43.7 Å². The van der Waals surface area contributed by atoms with Crippen LogP contribution in [0, 0.1) is 6.92 Å². The molecule has 110 valence electrons. The summed E-state index contributed by atoms with van der Waals surface area (Å²) in [5, 5.41) is 3.49. The van der Waals surface area contributed by atoms with Gasteiger partial charge in [0.1, 0.15) is 0 Å². The maximum absolute atomic E-state index is 12.0. The molecule has 0 atom stereocenters. The zero-order chi connectivity index (χ0) is 15.2. The molecule has 0 spiro atoms. The summed E-state index contributed by atoms with van der Waals surface area (Å²) in [6.07, 6.45) is 0.403. The normalized spacial score (nSPS) is 10.7. The average molecular weight is 299 g/mol. The Kier molecular flexibility index (Phi) is 5.45. The largest absolute Gasteiger partial charge is 0.326 e. The Morgan fingerprint density at radius 1 is 1.05 bits per heavy atom. The number of aryl methyl sites for hydroxylation is 1. The number of thioether (sulfide) groups is 1. The average Bonchev–Trinajstić information content (AvgIpc) is 2.43. The summed E-state index contributed by atoms with van der Waals surface area (Å²) in [4.78, 5) is 13.3. The molecule has 0 heterocycles. The maximum Gasteiger partial charge on any atom is 0.228 e. The fourth-order valence-corrected chi connectivity index (χ4v) is 2.82. The summed E-state index contributed by atoms with van der Waals surface area (Å²) in [6, 6.07) is 16.1. The van der Waals surface area contributed by atoms with Crippen LogP contribution in [-0.2, 0) is 11.2 Å². The summed E-state index contributed by atoms with van der Waals surface area (Å²) < 4.78 is 0. The van der Waals surface area contributed by atoms with Gasteiger partial charge in [0.25, 0.3) is 0 Å². The zero-order valence-corrected chi connectivity index (χ0v) is 13.5. The smallest absolute Gasteiger partial charge is 0.228 e. The molecule has 0 saturated carbocycles. The molecule has 2 rings (SSSR count). The molecule has 0 fully saturated rings. The standard InChI is InChI=1S/C18H21NOS/c1-13(2)21-17-10-6-15(7-11-17)12-18(20)19-16-8-4-14(3)5-9-16/h4-11,13H,12H2,1-3H3,(H,19,20). The number of amides is 1. The summed E-state index contributed by atoms with van der Waals surface area (Å²) in [7, 11) is 0. The number of carbonyl (C=O) groups excluding carboxylic acids is 1. The minimum atomic E-state index is 0.0168. The molecule has 2 aromatic carbocycles. The minimum Gasteiger partial charge on any atom is -0.326 e. The topological polar surface area (TPSA) is 29.1 Å². The van der Waals surface area contributed by atoms with Crippen LogP contribution in [0.1, 0.15) is 25.0 Å². The molecule has 0 unspecified atom stereocenters. The molecular formula is C18H21NOS. The van der Waals surface area contributed by atoms with Crippen LogP contribution in [0.3, 0.4) is 0 Å². The molecule has 0 saturated heterocycles. The van der Waals surface area contributed by atoms with Gasteiger partial charge in [-0.05, 0) is 36.8 Å². The van der Waals surface area contributed by atoms with Crippen molar-refractivity contribution in [2.75, 3.05) is 5.32 Å². The van der Waals surface area contributed by atoms with Crippen molar-refractivity contribution in [3.05, 3.63) is 59.7 Å². The Balaban J connectivity index is 1.91. The van der Waals surface area contributed by atoms with E-state index < -0.39 is 0 Å². The van der Waals surface area contributed by atoms with E-state index in [1.807, 2.05) is 55.1 Å². The lowest BCUT2D eigenvalue weighted by atomic mass is 10.1. The van der Waals surface area contributed by atoms with Crippen LogP contribution in [0.25, 0.3) is 0 Å². The Morgan fingerprint density at radius 2 is 1.67 bits per heavy atom. The third-order valence-electron chi connectivity index (χ3n) is 3.00. The number of benzene rings is 2. The van der Waals surface area contributed by atoms with E-state index in [2.05, 4.69) is 31.3 Å². The molecule has 0 aromatic heterocycles. The van der Waals surface area contributed by atoms with E-state index >= 15 is 0 Å². The number of nitrogens with one attached hydrogen (secondary N) is 1. The highest BCUT2D eigenvalue weighted by atomic mass is 32.2. The van der Waals surface area contributed by atoms with Crippen molar-refractivity contribution in [3.8, 4) is 0 Å². The lowest BCUT2D eigenvalue weighted by Crippen LogP contribution is -2.14. The SMILES string of the molecule is Cc1ccc(NC(=O)Cc2ccc(SC(C)C)cc2)cc1. The first-order valence-corrected chi connectivity index (χ1v) is 8.03. The molecule has 1 N–H and O–H groups in total. The van der Waals surface area contributed by atoms with Crippen molar-refractivity contribution in [1.82, 2.24) is 0 Å². The molecule has 1 amide bonds. The number of anilines is 1. The summed E-state index contributed by atoms with van der Waals surface area (Å²) in [6.45, 7) is 6.38. The van der Waals surface area contributed by atoms with Crippen LogP contribution in [0.5, 0.6) is 0 Å². The van der Waals surface area contributed by atoms with Gasteiger partial charge in [-0.2, -0.15) is 0 Å². The summed E-state index contributed by atoms with van der Waals surface area (Å²) in [5.74, 6) is 0.0168. The highest BCUT2D eigenvalue weighted by Crippen LogP contribution is 2.23. The van der Waals surface area contributed by atoms with Crippen molar-refractivity contribution in [2.24, 2.45) is 0 Å². The van der Waals surface area contributed by atoms with Gasteiger partial charge in [0.2, 0.25) is 5.91 Å². The fraction of sp³-hybridized carbons (Fsp3) is 0.278. The van der Waals surface area contributed by atoms with Crippen LogP contribution in [0.2, 0.25) is 0 Å². The molecule has 0 aliphatic carbocycles. The molecule has 0 radical (unpaired) electrons. The second kappa shape index (κ2) is 7.32. The molecule has 0 aliphatic rings. The molecule has 21 heavy (non-hydrogen) atoms. The van der Waals surface area contributed by atoms with E-state index in [-0.39, 0.29) is 5.91 Å². The second-order valence-corrected chi connectivity index (χ2v) is 7.05. The highest BCUT2D eigenvalue weighted by Gasteiger charge is 2.05. The highest BCUT2D eigenvalue weighted by molar-refractivity contribution is 7.99. The molecule has 0 bridgehead atoms. The van der Waals surface area contributed by atoms with Crippen molar-refractivity contribution in [3.63, 3.8) is 0 Å². The van der Waals surface area contributed by atoms with Crippen LogP contribution < -0.4 is 5.32 Å². The van der Waals surface area contributed by atoms with Gasteiger partial charge >= 0.3 is 0 Å². The Labute approximate surface area is 131 Å². The monoisotopic (exact) mass is 299 g/mol. The molecule has 2 aromatic rings. The van der Waals surface area contributed by atoms with Gasteiger partial charge in [-0.25, -0.2) is 0 Å². The lowest BCUT2D eigenvalue weighted by Gasteiger charge is -2.07. The zero-order valence-electron chi connectivity index (χ0n) is 12.7. The summed E-state index contributed by atoms with van der Waals surface area (Å²) >= 11 is 1.83. The number of hydrogen-bond acceptors (Lipinski definition) is 2. The van der Waals surface area contributed by atoms with E-state index in [4.69, 9.17) is 0 Å². The first kappa shape index (κ1) is 15.6. The van der Waals surface area contributed by atoms with Gasteiger partial charge in [0, 0.05) is 15.8 Å². The van der Waals surface area contributed by atoms with Gasteiger partial charge in [-0.3, -0.25) is 4.79 Å². The number of hydrogen-bond donors (Lipinski definition) is 1. The molecule has 0 aliphatic heterocycles. The van der Waals surface area contributed by atoms with E-state index in [9.17, 15) is 4.79 Å². The Hall–Kier alpha value is -1.74. The molecule has 3 heteroatoms. The third-order valence-corrected chi connectivity index (χ3v) is 4.01. The van der Waals surface area contributed by atoms with Crippen molar-refractivity contribution < 1.29 is 4.79 Å². The van der Waals surface area contributed by atoms with Crippen molar-refractivity contribution in [2.45, 2.75) is 37.3 Å². The predicted molar refractivity (Wildman–Crippen MR) is 90.9 cm³/mol. The number of carbonyl (C=O) groups is 1. The van der Waals surface area contributed by atoms with E-state index in [0.29, 0.717) is 11.7 Å². The lowest BCUT2D eigenvalue weighted by molar-refractivity contribution is -0.115. The fourth-order valence-electron chi connectivity index (χ4n) is 1.99. The quantitative estimate of drug-likeness (QED) is 0.812. The maximum atomic E-state index is 12.0. The number of rotatable bonds is 5. The van der Waals surface area contributed by atoms with E-state index in [1.165, 1.54) is 10.5 Å². The molecule has 2 nitrogen and oxygen atoms in total. The second-order valence-electron chi connectivity index (χ2n) is 5.40. The molecular weight excluding hydrogens is 278 g/mol. The van der Waals surface area contributed by atoms with Gasteiger partial charge < -0.3 is 5.32 Å². The Morgan fingerprint density at radius 3 is 2.24 bits per heavy atom.